The number of rotatable bonds is 38. The van der Waals surface area contributed by atoms with E-state index in [1.165, 1.54) is 51.4 Å². The normalized spacial score (nSPS) is 21.3. The monoisotopic (exact) mass is 1700 g/mol. The van der Waals surface area contributed by atoms with Crippen molar-refractivity contribution in [1.82, 2.24) is 0 Å². The molecule has 7 N–H and O–H groups in total. The summed E-state index contributed by atoms with van der Waals surface area (Å²) in [5, 5.41) is -1.74. The van der Waals surface area contributed by atoms with Crippen molar-refractivity contribution >= 4 is 94.7 Å². The summed E-state index contributed by atoms with van der Waals surface area (Å²) in [5.41, 5.74) is -3.78. The average molecular weight is 1700 g/mol. The van der Waals surface area contributed by atoms with Crippen LogP contribution in [0.3, 0.4) is 0 Å². The molecule has 8 atom stereocenters. The highest BCUT2D eigenvalue weighted by Crippen LogP contribution is 2.67. The highest BCUT2D eigenvalue weighted by molar-refractivity contribution is 7.82. The fraction of sp³-hybridized carbons (Fsp3) is 0.529. The van der Waals surface area contributed by atoms with E-state index in [1.807, 2.05) is 0 Å². The van der Waals surface area contributed by atoms with Gasteiger partial charge in [-0.15, -0.1) is 0 Å². The lowest BCUT2D eigenvalue weighted by molar-refractivity contribution is -0.0641. The van der Waals surface area contributed by atoms with E-state index in [4.69, 9.17) is 36.1 Å². The molecule has 6 aromatic rings. The highest BCUT2D eigenvalue weighted by atomic mass is 32.3. The third kappa shape index (κ3) is 22.4. The molecule has 614 valence electrons. The molecular formula is C68H84O36S7. The van der Waals surface area contributed by atoms with Crippen LogP contribution >= 0.6 is 0 Å². The Balaban J connectivity index is 0.812. The molecule has 0 radical (unpaired) electrons. The standard InChI is InChI=1S/C68H84O36S7/c1-39(2)14-12-15-40(3)48-20-21-49-47-19-18-43-34-44(24-26-67(43,4)50(47)25-27-68(48,49)5)92-28-10-8-6-7-9-11-29-93-53-32-41(16-22-51(53)100-107(77,78)79)63-65(103-110(86,87)88)61(69)59-55(35-45(37-57(59)96-63)98-105(71,72)73)94-30-13-31-95-56-36-46(99-106(74,75)76)38-58-60(56)62(70)66(104-111(89,90)91)64(97-58)42-17-23-52(101-108(80,81)82)54(33-42)102-109(83,84)85/h16-18,22-23,32-33,35-40,44,47-50H,6-15,19-21,24-31,34H2,1-5H3,(H,71,72,73)(H,74,75,76)(H,77,78,79)(H,80,81,82)(H,83,84,85)(H,86,87,88)(H,89,90,91)/t40-,44+,47+,48-,49+,50+,67+,68-/m1/s1. The number of benzene rings is 4. The average Bonchev–Trinajstić information content (AvgIpc) is 1.68. The first-order valence-corrected chi connectivity index (χ1v) is 44.6. The van der Waals surface area contributed by atoms with Gasteiger partial charge in [-0.2, -0.15) is 58.9 Å². The lowest BCUT2D eigenvalue weighted by atomic mass is 9.47. The molecule has 10 rings (SSSR count). The van der Waals surface area contributed by atoms with Crippen LogP contribution < -0.4 is 54.3 Å². The Morgan fingerprint density at radius 3 is 1.40 bits per heavy atom. The molecule has 2 heterocycles. The van der Waals surface area contributed by atoms with Crippen LogP contribution in [0.1, 0.15) is 150 Å². The van der Waals surface area contributed by atoms with Gasteiger partial charge in [0.2, 0.25) is 22.4 Å². The fourth-order valence-corrected chi connectivity index (χ4v) is 18.8. The van der Waals surface area contributed by atoms with Crippen LogP contribution in [0.15, 0.2) is 90.7 Å². The van der Waals surface area contributed by atoms with Crippen LogP contribution in [0, 0.1) is 46.3 Å². The third-order valence-corrected chi connectivity index (χ3v) is 23.5. The Bertz CT molecular complexity index is 5490. The van der Waals surface area contributed by atoms with Gasteiger partial charge in [-0.05, 0) is 147 Å². The maximum Gasteiger partial charge on any atom is 0.446 e. The lowest BCUT2D eigenvalue weighted by Gasteiger charge is -2.58. The minimum Gasteiger partial charge on any atom is -0.492 e. The molecule has 3 fully saturated rings. The van der Waals surface area contributed by atoms with Crippen molar-refractivity contribution in [3.63, 3.8) is 0 Å². The summed E-state index contributed by atoms with van der Waals surface area (Å²) < 4.78 is 302. The van der Waals surface area contributed by atoms with Crippen LogP contribution in [0.2, 0.25) is 0 Å². The molecular weight excluding hydrogens is 1620 g/mol. The van der Waals surface area contributed by atoms with Crippen LogP contribution in [0.5, 0.6) is 57.5 Å². The predicted molar refractivity (Wildman–Crippen MR) is 393 cm³/mol. The van der Waals surface area contributed by atoms with Crippen molar-refractivity contribution in [2.45, 2.75) is 156 Å². The van der Waals surface area contributed by atoms with E-state index in [0.717, 1.165) is 92.7 Å². The van der Waals surface area contributed by atoms with Gasteiger partial charge in [-0.25, -0.2) is 0 Å². The van der Waals surface area contributed by atoms with Crippen molar-refractivity contribution in [3.8, 4) is 80.1 Å². The van der Waals surface area contributed by atoms with Crippen molar-refractivity contribution in [1.29, 1.82) is 0 Å². The minimum absolute atomic E-state index is 0.111. The molecule has 2 aromatic heterocycles. The summed E-state index contributed by atoms with van der Waals surface area (Å²) in [4.78, 5) is 28.9. The predicted octanol–water partition coefficient (Wildman–Crippen LogP) is 11.5. The van der Waals surface area contributed by atoms with Crippen molar-refractivity contribution in [2.24, 2.45) is 46.3 Å². The molecule has 0 saturated heterocycles. The Labute approximate surface area is 640 Å². The van der Waals surface area contributed by atoms with Crippen LogP contribution in [-0.4, -0.2) is 123 Å². The molecule has 0 unspecified atom stereocenters. The topological polar surface area (TPSA) is 543 Å². The fourth-order valence-electron chi connectivity index (χ4n) is 16.3. The molecule has 0 spiro atoms. The van der Waals surface area contributed by atoms with E-state index < -0.39 is 205 Å². The zero-order valence-electron chi connectivity index (χ0n) is 60.3. The molecule has 111 heavy (non-hydrogen) atoms. The maximum absolute atomic E-state index is 14.6. The van der Waals surface area contributed by atoms with E-state index in [9.17, 15) is 100 Å². The SMILES string of the molecule is CC(C)CCC[C@@H](C)[C@H]1CC[C@H]2[C@@H]3CC=C4C[C@@H](OCCCCCCCCOc5cc(-c6oc7cc(OS(=O)(=O)O)cc(OCCCOc8cc(OS(=O)(=O)O)cc9oc(-c%10ccc(OS(=O)(=O)O)c(OS(=O)(=O)O)c%10)c(OS(=O)(=O)O)c(=O)c89)c7c(=O)c6OS(=O)(=O)O)ccc5OS(=O)(=O)O)CC[C@]4(C)[C@H]3CC[C@]12C. The second kappa shape index (κ2) is 33.8. The molecule has 4 aliphatic rings. The Hall–Kier alpha value is -7.63. The molecule has 4 aromatic carbocycles. The number of hydrogen-bond acceptors (Lipinski definition) is 29. The second-order valence-corrected chi connectivity index (χ2v) is 35.9. The second-order valence-electron chi connectivity index (χ2n) is 28.7. The number of unbranched alkanes of at least 4 members (excludes halogenated alkanes) is 5. The van der Waals surface area contributed by atoms with Gasteiger partial charge in [-0.1, -0.05) is 91.2 Å². The Morgan fingerprint density at radius 1 is 0.450 bits per heavy atom. The summed E-state index contributed by atoms with van der Waals surface area (Å²) in [6, 6.07) is 6.83. The van der Waals surface area contributed by atoms with E-state index in [-0.39, 0.29) is 18.1 Å². The van der Waals surface area contributed by atoms with E-state index in [0.29, 0.717) is 73.2 Å². The highest BCUT2D eigenvalue weighted by Gasteiger charge is 2.59. The molecule has 4 aliphatic carbocycles. The minimum atomic E-state index is -5.79. The first kappa shape index (κ1) is 85.8. The van der Waals surface area contributed by atoms with Gasteiger partial charge in [0.25, 0.3) is 0 Å². The van der Waals surface area contributed by atoms with E-state index in [1.54, 1.807) is 5.57 Å². The smallest absolute Gasteiger partial charge is 0.446 e. The summed E-state index contributed by atoms with van der Waals surface area (Å²) in [7, 11) is -38.8. The molecule has 0 amide bonds. The van der Waals surface area contributed by atoms with Gasteiger partial charge < -0.3 is 57.1 Å². The third-order valence-electron chi connectivity index (χ3n) is 20.8. The summed E-state index contributed by atoms with van der Waals surface area (Å²) in [6.45, 7) is 11.3. The van der Waals surface area contributed by atoms with Crippen molar-refractivity contribution in [2.75, 3.05) is 26.4 Å². The Kier molecular flexibility index (Phi) is 26.1. The first-order chi connectivity index (χ1) is 51.6. The molecule has 43 heteroatoms. The number of ether oxygens (including phenoxy) is 4. The zero-order valence-corrected chi connectivity index (χ0v) is 66.0. The van der Waals surface area contributed by atoms with Gasteiger partial charge in [0.05, 0.1) is 25.9 Å². The quantitative estimate of drug-likeness (QED) is 0.0107. The Morgan fingerprint density at radius 2 is 0.901 bits per heavy atom. The summed E-state index contributed by atoms with van der Waals surface area (Å²) >= 11 is 0. The van der Waals surface area contributed by atoms with E-state index in [2.05, 4.69) is 61.6 Å². The van der Waals surface area contributed by atoms with Crippen LogP contribution in [-0.2, 0) is 77.5 Å². The summed E-state index contributed by atoms with van der Waals surface area (Å²) in [5.74, 6) is -7.40. The number of fused-ring (bicyclic) bond motifs is 7. The van der Waals surface area contributed by atoms with Crippen LogP contribution in [0.4, 0.5) is 0 Å². The summed E-state index contributed by atoms with van der Waals surface area (Å²) in [6.07, 6.45) is 20.2. The zero-order chi connectivity index (χ0) is 81.2. The number of allylic oxidation sites excluding steroid dienone is 1. The van der Waals surface area contributed by atoms with Gasteiger partial charge in [0, 0.05) is 48.4 Å². The van der Waals surface area contributed by atoms with Crippen molar-refractivity contribution < 1.29 is 148 Å². The van der Waals surface area contributed by atoms with E-state index >= 15 is 0 Å². The molecule has 36 nitrogen and oxygen atoms in total. The first-order valence-electron chi connectivity index (χ1n) is 35.1. The van der Waals surface area contributed by atoms with Crippen molar-refractivity contribution in [3.05, 3.63) is 92.8 Å². The van der Waals surface area contributed by atoms with Gasteiger partial charge >= 0.3 is 72.8 Å². The molecule has 3 saturated carbocycles. The maximum atomic E-state index is 14.6. The lowest BCUT2D eigenvalue weighted by Crippen LogP contribution is -2.51. The number of hydrogen-bond donors (Lipinski definition) is 7. The van der Waals surface area contributed by atoms with Gasteiger partial charge in [-0.3, -0.25) is 41.5 Å². The largest absolute Gasteiger partial charge is 0.492 e. The molecule has 0 aliphatic heterocycles. The van der Waals surface area contributed by atoms with Gasteiger partial charge in [0.1, 0.15) is 33.4 Å². The molecule has 0 bridgehead atoms. The van der Waals surface area contributed by atoms with Crippen LogP contribution in [0.25, 0.3) is 44.6 Å². The van der Waals surface area contributed by atoms with Gasteiger partial charge in [0.15, 0.2) is 46.0 Å².